The number of aromatic nitrogens is 1. The first kappa shape index (κ1) is 20.6. The molecular weight excluding hydrogens is 392 g/mol. The molecule has 0 saturated carbocycles. The van der Waals surface area contributed by atoms with Crippen LogP contribution in [0.2, 0.25) is 0 Å². The second kappa shape index (κ2) is 9.88. The quantitative estimate of drug-likeness (QED) is 0.541. The van der Waals surface area contributed by atoms with Gasteiger partial charge in [-0.05, 0) is 37.3 Å². The number of rotatable bonds is 9. The predicted molar refractivity (Wildman–Crippen MR) is 111 cm³/mol. The summed E-state index contributed by atoms with van der Waals surface area (Å²) in [5, 5.41) is 3.69. The minimum Gasteiger partial charge on any atom is -0.493 e. The molecule has 8 heteroatoms. The number of hydrogen-bond acceptors (Lipinski definition) is 7. The van der Waals surface area contributed by atoms with E-state index in [1.165, 1.54) is 13.2 Å². The lowest BCUT2D eigenvalue weighted by Gasteiger charge is -2.11. The van der Waals surface area contributed by atoms with Crippen LogP contribution in [0.3, 0.4) is 0 Å². The number of esters is 1. The molecule has 0 aliphatic heterocycles. The number of methoxy groups -OCH3 is 1. The Hall–Kier alpha value is -3.13. The van der Waals surface area contributed by atoms with Crippen LogP contribution < -0.4 is 14.8 Å². The number of carbonyl (C=O) groups is 2. The monoisotopic (exact) mass is 414 g/mol. The van der Waals surface area contributed by atoms with Crippen molar-refractivity contribution in [2.75, 3.05) is 26.9 Å². The summed E-state index contributed by atoms with van der Waals surface area (Å²) in [6, 6.07) is 12.6. The Morgan fingerprint density at radius 2 is 1.97 bits per heavy atom. The summed E-state index contributed by atoms with van der Waals surface area (Å²) in [6.45, 7) is 2.41. The van der Waals surface area contributed by atoms with Gasteiger partial charge in [-0.2, -0.15) is 0 Å². The molecule has 0 fully saturated rings. The van der Waals surface area contributed by atoms with Gasteiger partial charge < -0.3 is 19.5 Å². The Morgan fingerprint density at radius 3 is 2.72 bits per heavy atom. The smallest absolute Gasteiger partial charge is 0.338 e. The van der Waals surface area contributed by atoms with Crippen molar-refractivity contribution in [2.45, 2.75) is 13.3 Å². The van der Waals surface area contributed by atoms with Gasteiger partial charge in [-0.15, -0.1) is 11.3 Å². The summed E-state index contributed by atoms with van der Waals surface area (Å²) in [7, 11) is 1.49. The van der Waals surface area contributed by atoms with Gasteiger partial charge in [0.15, 0.2) is 18.1 Å². The van der Waals surface area contributed by atoms with E-state index < -0.39 is 5.97 Å². The normalized spacial score (nSPS) is 10.6. The fourth-order valence-corrected chi connectivity index (χ4v) is 3.64. The topological polar surface area (TPSA) is 86.8 Å². The maximum absolute atomic E-state index is 12.2. The molecule has 3 rings (SSSR count). The van der Waals surface area contributed by atoms with Crippen LogP contribution in [0.25, 0.3) is 10.2 Å². The van der Waals surface area contributed by atoms with Gasteiger partial charge in [0, 0.05) is 13.0 Å². The minimum atomic E-state index is -0.604. The van der Waals surface area contributed by atoms with Crippen molar-refractivity contribution in [3.63, 3.8) is 0 Å². The number of fused-ring (bicyclic) bond motifs is 1. The van der Waals surface area contributed by atoms with Crippen LogP contribution in [-0.4, -0.2) is 43.7 Å². The van der Waals surface area contributed by atoms with Crippen molar-refractivity contribution in [3.8, 4) is 11.5 Å². The highest BCUT2D eigenvalue weighted by atomic mass is 32.1. The van der Waals surface area contributed by atoms with E-state index in [0.717, 1.165) is 15.2 Å². The first-order valence-corrected chi connectivity index (χ1v) is 10.0. The molecule has 0 radical (unpaired) electrons. The Morgan fingerprint density at radius 1 is 1.14 bits per heavy atom. The number of thiazole rings is 1. The summed E-state index contributed by atoms with van der Waals surface area (Å²) in [5.41, 5.74) is 1.24. The number of hydrogen-bond donors (Lipinski definition) is 1. The molecule has 152 valence electrons. The summed E-state index contributed by atoms with van der Waals surface area (Å²) in [5.74, 6) is 0.00533. The largest absolute Gasteiger partial charge is 0.493 e. The summed E-state index contributed by atoms with van der Waals surface area (Å²) < 4.78 is 16.8. The Labute approximate surface area is 172 Å². The van der Waals surface area contributed by atoms with Crippen LogP contribution in [0.4, 0.5) is 0 Å². The van der Waals surface area contributed by atoms with Gasteiger partial charge in [0.1, 0.15) is 0 Å². The average molecular weight is 414 g/mol. The van der Waals surface area contributed by atoms with Crippen molar-refractivity contribution in [1.82, 2.24) is 10.3 Å². The summed E-state index contributed by atoms with van der Waals surface area (Å²) in [4.78, 5) is 28.6. The molecule has 1 N–H and O–H groups in total. The Balaban J connectivity index is 1.45. The van der Waals surface area contributed by atoms with E-state index in [9.17, 15) is 9.59 Å². The standard InChI is InChI=1S/C21H22N2O5S/c1-3-27-16-9-8-14(12-17(16)26-2)21(25)28-13-19(24)22-11-10-20-23-15-6-4-5-7-18(15)29-20/h4-9,12H,3,10-11,13H2,1-2H3,(H,22,24). The second-order valence-electron chi connectivity index (χ2n) is 6.05. The number of nitrogens with zero attached hydrogens (tertiary/aromatic N) is 1. The molecule has 1 aromatic heterocycles. The fourth-order valence-electron chi connectivity index (χ4n) is 2.67. The first-order chi connectivity index (χ1) is 14.1. The van der Waals surface area contributed by atoms with Crippen molar-refractivity contribution >= 4 is 33.4 Å². The van der Waals surface area contributed by atoms with E-state index in [4.69, 9.17) is 14.2 Å². The fraction of sp³-hybridized carbons (Fsp3) is 0.286. The molecule has 1 heterocycles. The van der Waals surface area contributed by atoms with E-state index in [2.05, 4.69) is 10.3 Å². The van der Waals surface area contributed by atoms with Gasteiger partial charge in [-0.25, -0.2) is 9.78 Å². The molecule has 0 unspecified atom stereocenters. The number of benzene rings is 2. The zero-order valence-electron chi connectivity index (χ0n) is 16.3. The third-order valence-corrected chi connectivity index (χ3v) is 5.13. The van der Waals surface area contributed by atoms with Crippen molar-refractivity contribution in [3.05, 3.63) is 53.0 Å². The van der Waals surface area contributed by atoms with E-state index >= 15 is 0 Å². The lowest BCUT2D eigenvalue weighted by molar-refractivity contribution is -0.124. The molecule has 0 aliphatic rings. The van der Waals surface area contributed by atoms with Crippen molar-refractivity contribution in [1.29, 1.82) is 0 Å². The van der Waals surface area contributed by atoms with Gasteiger partial charge in [0.2, 0.25) is 0 Å². The van der Waals surface area contributed by atoms with Gasteiger partial charge in [-0.1, -0.05) is 12.1 Å². The van der Waals surface area contributed by atoms with Gasteiger partial charge >= 0.3 is 5.97 Å². The molecule has 0 saturated heterocycles. The lowest BCUT2D eigenvalue weighted by atomic mass is 10.2. The SMILES string of the molecule is CCOc1ccc(C(=O)OCC(=O)NCCc2nc3ccccc3s2)cc1OC. The van der Waals surface area contributed by atoms with Gasteiger partial charge in [0.05, 0.1) is 34.5 Å². The highest BCUT2D eigenvalue weighted by Crippen LogP contribution is 2.28. The van der Waals surface area contributed by atoms with Crippen LogP contribution in [0.5, 0.6) is 11.5 Å². The third kappa shape index (κ3) is 5.45. The van der Waals surface area contributed by atoms with Crippen LogP contribution >= 0.6 is 11.3 Å². The molecule has 0 spiro atoms. The maximum atomic E-state index is 12.2. The molecule has 0 aliphatic carbocycles. The van der Waals surface area contributed by atoms with Crippen LogP contribution in [0.15, 0.2) is 42.5 Å². The number of amides is 1. The van der Waals surface area contributed by atoms with Crippen LogP contribution in [-0.2, 0) is 16.0 Å². The number of nitrogens with one attached hydrogen (secondary N) is 1. The second-order valence-corrected chi connectivity index (χ2v) is 7.17. The average Bonchev–Trinajstić information content (AvgIpc) is 3.15. The third-order valence-electron chi connectivity index (χ3n) is 4.03. The highest BCUT2D eigenvalue weighted by Gasteiger charge is 2.14. The first-order valence-electron chi connectivity index (χ1n) is 9.19. The van der Waals surface area contributed by atoms with Gasteiger partial charge in [0.25, 0.3) is 5.91 Å². The minimum absolute atomic E-state index is 0.285. The van der Waals surface area contributed by atoms with E-state index in [1.807, 2.05) is 31.2 Å². The van der Waals surface area contributed by atoms with Gasteiger partial charge in [-0.3, -0.25) is 4.79 Å². The van der Waals surface area contributed by atoms with E-state index in [1.54, 1.807) is 23.5 Å². The highest BCUT2D eigenvalue weighted by molar-refractivity contribution is 7.18. The van der Waals surface area contributed by atoms with Crippen molar-refractivity contribution < 1.29 is 23.8 Å². The van der Waals surface area contributed by atoms with Crippen molar-refractivity contribution in [2.24, 2.45) is 0 Å². The number of ether oxygens (including phenoxy) is 3. The van der Waals surface area contributed by atoms with Crippen LogP contribution in [0, 0.1) is 0 Å². The molecule has 3 aromatic rings. The molecule has 2 aromatic carbocycles. The Kier molecular flexibility index (Phi) is 7.02. The molecular formula is C21H22N2O5S. The van der Waals surface area contributed by atoms with E-state index in [-0.39, 0.29) is 18.1 Å². The van der Waals surface area contributed by atoms with E-state index in [0.29, 0.717) is 31.1 Å². The predicted octanol–water partition coefficient (Wildman–Crippen LogP) is 3.22. The summed E-state index contributed by atoms with van der Waals surface area (Å²) in [6.07, 6.45) is 0.620. The molecule has 29 heavy (non-hydrogen) atoms. The number of para-hydroxylation sites is 1. The maximum Gasteiger partial charge on any atom is 0.338 e. The molecule has 7 nitrogen and oxygen atoms in total. The number of carbonyl (C=O) groups excluding carboxylic acids is 2. The molecule has 0 atom stereocenters. The Bertz CT molecular complexity index is 969. The summed E-state index contributed by atoms with van der Waals surface area (Å²) >= 11 is 1.60. The zero-order valence-corrected chi connectivity index (χ0v) is 17.1. The molecule has 0 bridgehead atoms. The van der Waals surface area contributed by atoms with Crippen LogP contribution in [0.1, 0.15) is 22.3 Å². The molecule has 1 amide bonds. The zero-order chi connectivity index (χ0) is 20.6. The lowest BCUT2D eigenvalue weighted by Crippen LogP contribution is -2.30.